The maximum atomic E-state index is 5.33. The standard InChI is InChI=1S/C11H18N2O/c1-9(11-5-3-7-14-11)13-8-10-4-2-6-12-10/h3,5,7,9-10,12-13H,2,4,6,8H2,1H3/t9-,10?/m0/s1. The minimum atomic E-state index is 0.312. The second kappa shape index (κ2) is 4.62. The lowest BCUT2D eigenvalue weighted by Gasteiger charge is -2.15. The molecule has 0 bridgehead atoms. The van der Waals surface area contributed by atoms with Gasteiger partial charge in [0.15, 0.2) is 0 Å². The Morgan fingerprint density at radius 1 is 1.71 bits per heavy atom. The predicted octanol–water partition coefficient (Wildman–Crippen LogP) is 1.68. The van der Waals surface area contributed by atoms with Crippen molar-refractivity contribution in [3.05, 3.63) is 24.2 Å². The Morgan fingerprint density at radius 2 is 2.64 bits per heavy atom. The van der Waals surface area contributed by atoms with Crippen LogP contribution in [0.15, 0.2) is 22.8 Å². The van der Waals surface area contributed by atoms with Crippen molar-refractivity contribution in [3.63, 3.8) is 0 Å². The third-order valence-corrected chi connectivity index (χ3v) is 2.80. The first kappa shape index (κ1) is 9.74. The Balaban J connectivity index is 1.74. The van der Waals surface area contributed by atoms with E-state index in [0.29, 0.717) is 12.1 Å². The third kappa shape index (κ3) is 2.36. The van der Waals surface area contributed by atoms with Crippen molar-refractivity contribution >= 4 is 0 Å². The molecule has 0 radical (unpaired) electrons. The Kier molecular flexibility index (Phi) is 3.22. The van der Waals surface area contributed by atoms with Crippen LogP contribution >= 0.6 is 0 Å². The van der Waals surface area contributed by atoms with Gasteiger partial charge in [0.1, 0.15) is 5.76 Å². The van der Waals surface area contributed by atoms with Gasteiger partial charge in [0, 0.05) is 12.6 Å². The summed E-state index contributed by atoms with van der Waals surface area (Å²) in [7, 11) is 0. The highest BCUT2D eigenvalue weighted by molar-refractivity contribution is 5.03. The summed E-state index contributed by atoms with van der Waals surface area (Å²) in [6, 6.07) is 4.90. The van der Waals surface area contributed by atoms with E-state index in [0.717, 1.165) is 12.3 Å². The fourth-order valence-corrected chi connectivity index (χ4v) is 1.89. The molecule has 0 amide bonds. The summed E-state index contributed by atoms with van der Waals surface area (Å²) in [6.45, 7) is 4.33. The summed E-state index contributed by atoms with van der Waals surface area (Å²) in [5.74, 6) is 1.02. The number of hydrogen-bond acceptors (Lipinski definition) is 3. The van der Waals surface area contributed by atoms with Crippen molar-refractivity contribution < 1.29 is 4.42 Å². The summed E-state index contributed by atoms with van der Waals surface area (Å²) >= 11 is 0. The maximum Gasteiger partial charge on any atom is 0.120 e. The zero-order valence-electron chi connectivity index (χ0n) is 8.62. The first-order valence-corrected chi connectivity index (χ1v) is 5.36. The molecule has 78 valence electrons. The third-order valence-electron chi connectivity index (χ3n) is 2.80. The van der Waals surface area contributed by atoms with Crippen LogP contribution in [0.5, 0.6) is 0 Å². The number of rotatable bonds is 4. The zero-order chi connectivity index (χ0) is 9.80. The normalized spacial score (nSPS) is 23.9. The Bertz CT molecular complexity index is 252. The van der Waals surface area contributed by atoms with Crippen molar-refractivity contribution in [2.45, 2.75) is 31.8 Å². The van der Waals surface area contributed by atoms with Crippen LogP contribution in [0.3, 0.4) is 0 Å². The van der Waals surface area contributed by atoms with Crippen LogP contribution < -0.4 is 10.6 Å². The van der Waals surface area contributed by atoms with Crippen molar-refractivity contribution in [2.75, 3.05) is 13.1 Å². The lowest BCUT2D eigenvalue weighted by molar-refractivity contribution is 0.412. The Labute approximate surface area is 84.9 Å². The molecule has 2 rings (SSSR count). The molecule has 2 N–H and O–H groups in total. The molecule has 2 atom stereocenters. The lowest BCUT2D eigenvalue weighted by Crippen LogP contribution is -2.35. The topological polar surface area (TPSA) is 37.2 Å². The molecule has 3 nitrogen and oxygen atoms in total. The van der Waals surface area contributed by atoms with E-state index < -0.39 is 0 Å². The average Bonchev–Trinajstić information content (AvgIpc) is 2.87. The fourth-order valence-electron chi connectivity index (χ4n) is 1.89. The Hall–Kier alpha value is -0.800. The van der Waals surface area contributed by atoms with E-state index in [1.807, 2.05) is 12.1 Å². The van der Waals surface area contributed by atoms with Gasteiger partial charge in [0.05, 0.1) is 12.3 Å². The van der Waals surface area contributed by atoms with Crippen LogP contribution in [0.25, 0.3) is 0 Å². The van der Waals surface area contributed by atoms with Crippen molar-refractivity contribution in [3.8, 4) is 0 Å². The summed E-state index contributed by atoms with van der Waals surface area (Å²) in [5.41, 5.74) is 0. The summed E-state index contributed by atoms with van der Waals surface area (Å²) in [6.07, 6.45) is 4.32. The summed E-state index contributed by atoms with van der Waals surface area (Å²) in [4.78, 5) is 0. The maximum absolute atomic E-state index is 5.33. The fraction of sp³-hybridized carbons (Fsp3) is 0.636. The molecule has 1 aliphatic heterocycles. The van der Waals surface area contributed by atoms with E-state index in [-0.39, 0.29) is 0 Å². The van der Waals surface area contributed by atoms with E-state index >= 15 is 0 Å². The molecule has 1 aromatic heterocycles. The van der Waals surface area contributed by atoms with Gasteiger partial charge in [0.2, 0.25) is 0 Å². The lowest BCUT2D eigenvalue weighted by atomic mass is 10.2. The van der Waals surface area contributed by atoms with Crippen molar-refractivity contribution in [1.82, 2.24) is 10.6 Å². The van der Waals surface area contributed by atoms with Gasteiger partial charge in [-0.05, 0) is 38.4 Å². The van der Waals surface area contributed by atoms with Gasteiger partial charge in [-0.25, -0.2) is 0 Å². The SMILES string of the molecule is C[C@H](NCC1CCCN1)c1ccco1. The van der Waals surface area contributed by atoms with Crippen LogP contribution in [0, 0.1) is 0 Å². The molecule has 1 aromatic rings. The van der Waals surface area contributed by atoms with Crippen molar-refractivity contribution in [2.24, 2.45) is 0 Å². The number of hydrogen-bond donors (Lipinski definition) is 2. The zero-order valence-corrected chi connectivity index (χ0v) is 8.62. The first-order chi connectivity index (χ1) is 6.86. The van der Waals surface area contributed by atoms with Gasteiger partial charge in [-0.2, -0.15) is 0 Å². The highest BCUT2D eigenvalue weighted by Gasteiger charge is 2.15. The molecule has 2 heterocycles. The van der Waals surface area contributed by atoms with Crippen LogP contribution in [0.2, 0.25) is 0 Å². The van der Waals surface area contributed by atoms with Crippen LogP contribution in [0.1, 0.15) is 31.6 Å². The molecular weight excluding hydrogens is 176 g/mol. The second-order valence-corrected chi connectivity index (χ2v) is 3.94. The van der Waals surface area contributed by atoms with E-state index in [1.165, 1.54) is 19.4 Å². The van der Waals surface area contributed by atoms with Gasteiger partial charge in [-0.3, -0.25) is 0 Å². The number of nitrogens with one attached hydrogen (secondary N) is 2. The van der Waals surface area contributed by atoms with E-state index in [2.05, 4.69) is 17.6 Å². The summed E-state index contributed by atoms with van der Waals surface area (Å²) in [5, 5.41) is 6.93. The molecule has 1 fully saturated rings. The van der Waals surface area contributed by atoms with Gasteiger partial charge in [-0.1, -0.05) is 0 Å². The van der Waals surface area contributed by atoms with Crippen molar-refractivity contribution in [1.29, 1.82) is 0 Å². The van der Waals surface area contributed by atoms with E-state index in [4.69, 9.17) is 4.42 Å². The molecule has 1 unspecified atom stereocenters. The molecule has 0 aliphatic carbocycles. The smallest absolute Gasteiger partial charge is 0.120 e. The average molecular weight is 194 g/mol. The molecule has 1 aliphatic rings. The largest absolute Gasteiger partial charge is 0.468 e. The van der Waals surface area contributed by atoms with Gasteiger partial charge in [-0.15, -0.1) is 0 Å². The van der Waals surface area contributed by atoms with Gasteiger partial charge in [0.25, 0.3) is 0 Å². The minimum Gasteiger partial charge on any atom is -0.468 e. The van der Waals surface area contributed by atoms with Gasteiger partial charge < -0.3 is 15.1 Å². The van der Waals surface area contributed by atoms with E-state index in [1.54, 1.807) is 6.26 Å². The monoisotopic (exact) mass is 194 g/mol. The molecular formula is C11H18N2O. The molecule has 0 saturated carbocycles. The molecule has 14 heavy (non-hydrogen) atoms. The molecule has 3 heteroatoms. The highest BCUT2D eigenvalue weighted by Crippen LogP contribution is 2.12. The predicted molar refractivity (Wildman–Crippen MR) is 56.2 cm³/mol. The summed E-state index contributed by atoms with van der Waals surface area (Å²) < 4.78 is 5.33. The van der Waals surface area contributed by atoms with Crippen LogP contribution in [-0.4, -0.2) is 19.1 Å². The molecule has 1 saturated heterocycles. The molecule has 0 spiro atoms. The van der Waals surface area contributed by atoms with Crippen LogP contribution in [0.4, 0.5) is 0 Å². The second-order valence-electron chi connectivity index (χ2n) is 3.94. The van der Waals surface area contributed by atoms with E-state index in [9.17, 15) is 0 Å². The molecule has 0 aromatic carbocycles. The minimum absolute atomic E-state index is 0.312. The number of furan rings is 1. The van der Waals surface area contributed by atoms with Crippen LogP contribution in [-0.2, 0) is 0 Å². The Morgan fingerprint density at radius 3 is 3.29 bits per heavy atom. The quantitative estimate of drug-likeness (QED) is 0.765. The first-order valence-electron chi connectivity index (χ1n) is 5.36. The van der Waals surface area contributed by atoms with Gasteiger partial charge >= 0.3 is 0 Å². The highest BCUT2D eigenvalue weighted by atomic mass is 16.3.